The molecule has 0 radical (unpaired) electrons. The van der Waals surface area contributed by atoms with Crippen molar-refractivity contribution in [1.82, 2.24) is 21.1 Å². The highest BCUT2D eigenvalue weighted by molar-refractivity contribution is 5.97. The Labute approximate surface area is 219 Å². The molecule has 11 heteroatoms. The van der Waals surface area contributed by atoms with Gasteiger partial charge < -0.3 is 30.3 Å². The fourth-order valence-electron chi connectivity index (χ4n) is 3.41. The van der Waals surface area contributed by atoms with Gasteiger partial charge in [-0.2, -0.15) is 0 Å². The summed E-state index contributed by atoms with van der Waals surface area (Å²) < 4.78 is 10.6. The van der Waals surface area contributed by atoms with E-state index in [-0.39, 0.29) is 18.8 Å². The highest BCUT2D eigenvalue weighted by Gasteiger charge is 2.31. The van der Waals surface area contributed by atoms with Gasteiger partial charge in [-0.05, 0) is 38.5 Å². The first-order valence-corrected chi connectivity index (χ1v) is 11.9. The van der Waals surface area contributed by atoms with Crippen LogP contribution in [-0.2, 0) is 16.1 Å². The maximum atomic E-state index is 13.1. The van der Waals surface area contributed by atoms with Crippen LogP contribution in [0.2, 0.25) is 0 Å². The number of hydrogen-bond acceptors (Lipinski definition) is 8. The summed E-state index contributed by atoms with van der Waals surface area (Å²) in [7, 11) is 0. The molecule has 0 bridgehead atoms. The molecule has 3 atom stereocenters. The van der Waals surface area contributed by atoms with Crippen LogP contribution in [0.5, 0.6) is 5.75 Å². The van der Waals surface area contributed by atoms with Crippen LogP contribution in [0.4, 0.5) is 0 Å². The molecular formula is C27H30N4O7. The molecule has 0 aliphatic rings. The zero-order chi connectivity index (χ0) is 27.7. The summed E-state index contributed by atoms with van der Waals surface area (Å²) in [5, 5.41) is 21.5. The number of carbonyl (C=O) groups excluding carboxylic acids is 4. The number of aromatic nitrogens is 1. The lowest BCUT2D eigenvalue weighted by Gasteiger charge is -2.24. The summed E-state index contributed by atoms with van der Waals surface area (Å²) in [5.74, 6) is -1.37. The van der Waals surface area contributed by atoms with E-state index in [1.54, 1.807) is 25.1 Å². The molecular weight excluding hydrogens is 492 g/mol. The third kappa shape index (κ3) is 8.00. The van der Waals surface area contributed by atoms with E-state index < -0.39 is 35.9 Å². The Balaban J connectivity index is 1.73. The molecule has 11 nitrogen and oxygen atoms in total. The van der Waals surface area contributed by atoms with Crippen LogP contribution in [0.15, 0.2) is 59.1 Å². The molecule has 2 aromatic carbocycles. The van der Waals surface area contributed by atoms with Gasteiger partial charge >= 0.3 is 0 Å². The standard InChI is InChI=1S/C27H30N4O7/c1-16-7-9-19(10-8-16)13-28-25(34)23(15-37-21-6-4-5-20(12-21)14-32)29-27(36)24(18(3)33)30-26(35)22-11-17(2)38-31-22/h4-12,14,18,23-24,33H,13,15H2,1-3H3,(H,28,34)(H,29,36)(H,30,35)/t18-,23+,24+/m1/s1. The first-order chi connectivity index (χ1) is 18.2. The summed E-state index contributed by atoms with van der Waals surface area (Å²) in [5.41, 5.74) is 2.24. The number of nitrogens with zero attached hydrogens (tertiary/aromatic N) is 1. The van der Waals surface area contributed by atoms with Gasteiger partial charge in [0.05, 0.1) is 6.10 Å². The lowest BCUT2D eigenvalue weighted by Crippen LogP contribution is -2.58. The molecule has 38 heavy (non-hydrogen) atoms. The number of nitrogens with one attached hydrogen (secondary N) is 3. The third-order valence-corrected chi connectivity index (χ3v) is 5.54. The second-order valence-corrected chi connectivity index (χ2v) is 8.78. The second kappa shape index (κ2) is 13.2. The number of carbonyl (C=O) groups is 4. The fourth-order valence-corrected chi connectivity index (χ4v) is 3.41. The van der Waals surface area contributed by atoms with Gasteiger partial charge in [0.2, 0.25) is 11.8 Å². The van der Waals surface area contributed by atoms with Gasteiger partial charge in [-0.15, -0.1) is 0 Å². The third-order valence-electron chi connectivity index (χ3n) is 5.54. The lowest BCUT2D eigenvalue weighted by atomic mass is 10.1. The highest BCUT2D eigenvalue weighted by Crippen LogP contribution is 2.13. The van der Waals surface area contributed by atoms with E-state index in [0.717, 1.165) is 11.1 Å². The van der Waals surface area contributed by atoms with Crippen LogP contribution < -0.4 is 20.7 Å². The molecule has 0 fully saturated rings. The summed E-state index contributed by atoms with van der Waals surface area (Å²) in [6.07, 6.45) is -0.638. The Morgan fingerprint density at radius 2 is 1.79 bits per heavy atom. The van der Waals surface area contributed by atoms with Gasteiger partial charge in [0.1, 0.15) is 36.5 Å². The molecule has 1 aromatic heterocycles. The minimum absolute atomic E-state index is 0.0632. The minimum atomic E-state index is -1.40. The van der Waals surface area contributed by atoms with Gasteiger partial charge in [-0.3, -0.25) is 19.2 Å². The van der Waals surface area contributed by atoms with Crippen molar-refractivity contribution >= 4 is 24.0 Å². The van der Waals surface area contributed by atoms with Gasteiger partial charge in [-0.25, -0.2) is 0 Å². The molecule has 0 aliphatic heterocycles. The molecule has 0 spiro atoms. The van der Waals surface area contributed by atoms with E-state index >= 15 is 0 Å². The van der Waals surface area contributed by atoms with Crippen molar-refractivity contribution < 1.29 is 33.5 Å². The minimum Gasteiger partial charge on any atom is -0.491 e. The first kappa shape index (κ1) is 28.1. The van der Waals surface area contributed by atoms with Gasteiger partial charge in [0, 0.05) is 18.2 Å². The van der Waals surface area contributed by atoms with Crippen molar-refractivity contribution in [2.24, 2.45) is 0 Å². The maximum Gasteiger partial charge on any atom is 0.274 e. The zero-order valence-corrected chi connectivity index (χ0v) is 21.3. The van der Waals surface area contributed by atoms with Gasteiger partial charge in [-0.1, -0.05) is 47.1 Å². The molecule has 200 valence electrons. The molecule has 0 aliphatic carbocycles. The highest BCUT2D eigenvalue weighted by atomic mass is 16.5. The summed E-state index contributed by atoms with van der Waals surface area (Å²) in [6, 6.07) is 12.7. The van der Waals surface area contributed by atoms with Crippen LogP contribution in [0.25, 0.3) is 0 Å². The average molecular weight is 523 g/mol. The Hall–Kier alpha value is -4.51. The van der Waals surface area contributed by atoms with E-state index in [1.807, 2.05) is 31.2 Å². The zero-order valence-electron chi connectivity index (χ0n) is 21.3. The normalized spacial score (nSPS) is 13.1. The fraction of sp³-hybridized carbons (Fsp3) is 0.296. The van der Waals surface area contributed by atoms with Crippen molar-refractivity contribution in [3.05, 3.63) is 82.7 Å². The van der Waals surface area contributed by atoms with Gasteiger partial charge in [0.15, 0.2) is 5.69 Å². The number of aryl methyl sites for hydroxylation is 2. The monoisotopic (exact) mass is 522 g/mol. The van der Waals surface area contributed by atoms with Crippen molar-refractivity contribution in [2.75, 3.05) is 6.61 Å². The summed E-state index contributed by atoms with van der Waals surface area (Å²) in [6.45, 7) is 4.80. The quantitative estimate of drug-likeness (QED) is 0.260. The number of rotatable bonds is 12. The predicted octanol–water partition coefficient (Wildman–Crippen LogP) is 1.46. The summed E-state index contributed by atoms with van der Waals surface area (Å²) >= 11 is 0. The van der Waals surface area contributed by atoms with Crippen LogP contribution >= 0.6 is 0 Å². The number of aldehydes is 1. The molecule has 0 unspecified atom stereocenters. The molecule has 4 N–H and O–H groups in total. The molecule has 3 amide bonds. The SMILES string of the molecule is Cc1ccc(CNC(=O)[C@H](COc2cccc(C=O)c2)NC(=O)[C@@H](NC(=O)c2cc(C)on2)[C@@H](C)O)cc1. The number of benzene rings is 2. The Bertz CT molecular complexity index is 1270. The maximum absolute atomic E-state index is 13.1. The lowest BCUT2D eigenvalue weighted by molar-refractivity contribution is -0.132. The smallest absolute Gasteiger partial charge is 0.274 e. The van der Waals surface area contributed by atoms with Crippen molar-refractivity contribution in [3.63, 3.8) is 0 Å². The Morgan fingerprint density at radius 3 is 2.42 bits per heavy atom. The van der Waals surface area contributed by atoms with Crippen LogP contribution in [0, 0.1) is 13.8 Å². The molecule has 3 aromatic rings. The average Bonchev–Trinajstić information content (AvgIpc) is 3.35. The van der Waals surface area contributed by atoms with E-state index in [9.17, 15) is 24.3 Å². The van der Waals surface area contributed by atoms with E-state index in [4.69, 9.17) is 9.26 Å². The van der Waals surface area contributed by atoms with Gasteiger partial charge in [0.25, 0.3) is 5.91 Å². The number of ether oxygens (including phenoxy) is 1. The van der Waals surface area contributed by atoms with Crippen molar-refractivity contribution in [2.45, 2.75) is 45.5 Å². The number of hydrogen-bond donors (Lipinski definition) is 4. The molecule has 3 rings (SSSR count). The summed E-state index contributed by atoms with van der Waals surface area (Å²) in [4.78, 5) is 49.7. The molecule has 0 saturated heterocycles. The van der Waals surface area contributed by atoms with Crippen molar-refractivity contribution in [1.29, 1.82) is 0 Å². The van der Waals surface area contributed by atoms with E-state index in [1.165, 1.54) is 19.1 Å². The Morgan fingerprint density at radius 1 is 1.05 bits per heavy atom. The number of aliphatic hydroxyl groups excluding tert-OH is 1. The number of aliphatic hydroxyl groups is 1. The first-order valence-electron chi connectivity index (χ1n) is 11.9. The van der Waals surface area contributed by atoms with Crippen LogP contribution in [0.3, 0.4) is 0 Å². The molecule has 1 heterocycles. The largest absolute Gasteiger partial charge is 0.491 e. The number of amides is 3. The Kier molecular flexibility index (Phi) is 9.72. The van der Waals surface area contributed by atoms with E-state index in [2.05, 4.69) is 21.1 Å². The molecule has 0 saturated carbocycles. The second-order valence-electron chi connectivity index (χ2n) is 8.78. The van der Waals surface area contributed by atoms with Crippen molar-refractivity contribution in [3.8, 4) is 5.75 Å². The predicted molar refractivity (Wildman–Crippen MR) is 136 cm³/mol. The van der Waals surface area contributed by atoms with E-state index in [0.29, 0.717) is 23.4 Å². The van der Waals surface area contributed by atoms with Crippen LogP contribution in [0.1, 0.15) is 44.7 Å². The topological polar surface area (TPSA) is 160 Å². The van der Waals surface area contributed by atoms with Crippen LogP contribution in [-0.4, -0.2) is 59.1 Å².